The van der Waals surface area contributed by atoms with Gasteiger partial charge in [-0.2, -0.15) is 0 Å². The molecule has 2 heterocycles. The average Bonchev–Trinajstić information content (AvgIpc) is 2.12. The molecule has 66 valence electrons. The summed E-state index contributed by atoms with van der Waals surface area (Å²) >= 11 is 3.34. The Balaban J connectivity index is 3.06. The van der Waals surface area contributed by atoms with Crippen molar-refractivity contribution >= 4 is 27.0 Å². The summed E-state index contributed by atoms with van der Waals surface area (Å²) in [6.07, 6.45) is 3.29. The second-order valence-electron chi connectivity index (χ2n) is 2.80. The van der Waals surface area contributed by atoms with E-state index in [0.29, 0.717) is 11.0 Å². The lowest BCUT2D eigenvalue weighted by Crippen LogP contribution is -2.03. The van der Waals surface area contributed by atoms with Gasteiger partial charge in [-0.1, -0.05) is 0 Å². The summed E-state index contributed by atoms with van der Waals surface area (Å²) in [7, 11) is 0. The lowest BCUT2D eigenvalue weighted by molar-refractivity contribution is 1.24. The molecule has 4 heteroatoms. The molecule has 0 bridgehead atoms. The second kappa shape index (κ2) is 2.96. The van der Waals surface area contributed by atoms with Crippen molar-refractivity contribution in [1.29, 1.82) is 0 Å². The van der Waals surface area contributed by atoms with Crippen molar-refractivity contribution in [2.45, 2.75) is 6.92 Å². The average molecular weight is 239 g/mol. The molecule has 0 aliphatic heterocycles. The second-order valence-corrected chi connectivity index (χ2v) is 3.65. The van der Waals surface area contributed by atoms with Crippen molar-refractivity contribution in [3.8, 4) is 0 Å². The van der Waals surface area contributed by atoms with Gasteiger partial charge < -0.3 is 4.98 Å². The summed E-state index contributed by atoms with van der Waals surface area (Å²) in [5.41, 5.74) is 1.56. The van der Waals surface area contributed by atoms with Crippen LogP contribution in [-0.4, -0.2) is 9.97 Å². The Morgan fingerprint density at radius 3 is 3.08 bits per heavy atom. The summed E-state index contributed by atoms with van der Waals surface area (Å²) < 4.78 is 0.858. The van der Waals surface area contributed by atoms with Crippen molar-refractivity contribution in [2.24, 2.45) is 0 Å². The minimum Gasteiger partial charge on any atom is -0.346 e. The van der Waals surface area contributed by atoms with Crippen LogP contribution >= 0.6 is 15.9 Å². The number of nitrogens with zero attached hydrogens (tertiary/aromatic N) is 1. The van der Waals surface area contributed by atoms with E-state index < -0.39 is 0 Å². The van der Waals surface area contributed by atoms with Crippen molar-refractivity contribution in [1.82, 2.24) is 9.97 Å². The van der Waals surface area contributed by atoms with Crippen LogP contribution in [0.15, 0.2) is 27.7 Å². The molecule has 0 aliphatic rings. The van der Waals surface area contributed by atoms with Crippen LogP contribution in [0.5, 0.6) is 0 Å². The normalized spacial score (nSPS) is 10.6. The summed E-state index contributed by atoms with van der Waals surface area (Å²) in [4.78, 5) is 18.5. The molecule has 0 fully saturated rings. The van der Waals surface area contributed by atoms with Gasteiger partial charge in [0.1, 0.15) is 5.65 Å². The molecule has 2 rings (SSSR count). The van der Waals surface area contributed by atoms with E-state index in [-0.39, 0.29) is 5.43 Å². The van der Waals surface area contributed by atoms with Gasteiger partial charge in [0, 0.05) is 22.9 Å². The zero-order valence-electron chi connectivity index (χ0n) is 6.97. The van der Waals surface area contributed by atoms with Gasteiger partial charge in [-0.3, -0.25) is 4.79 Å². The Morgan fingerprint density at radius 1 is 1.54 bits per heavy atom. The highest BCUT2D eigenvalue weighted by Crippen LogP contribution is 2.19. The Labute approximate surface area is 82.9 Å². The molecular weight excluding hydrogens is 232 g/mol. The largest absolute Gasteiger partial charge is 0.346 e. The Bertz CT molecular complexity index is 518. The van der Waals surface area contributed by atoms with Gasteiger partial charge >= 0.3 is 0 Å². The van der Waals surface area contributed by atoms with Crippen LogP contribution in [0.1, 0.15) is 5.56 Å². The van der Waals surface area contributed by atoms with Crippen molar-refractivity contribution in [3.05, 3.63) is 38.7 Å². The molecule has 0 amide bonds. The van der Waals surface area contributed by atoms with Gasteiger partial charge in [-0.15, -0.1) is 0 Å². The van der Waals surface area contributed by atoms with E-state index >= 15 is 0 Å². The number of nitrogens with one attached hydrogen (secondary N) is 1. The van der Waals surface area contributed by atoms with Crippen LogP contribution in [0.2, 0.25) is 0 Å². The first kappa shape index (κ1) is 8.44. The molecule has 0 aliphatic carbocycles. The predicted molar refractivity (Wildman–Crippen MR) is 54.8 cm³/mol. The molecule has 0 unspecified atom stereocenters. The highest BCUT2D eigenvalue weighted by atomic mass is 79.9. The standard InChI is InChI=1S/C9H7BrN2O/c1-5-6(10)4-12-9-8(5)7(13)2-3-11-9/h2-4H,1H3,(H,11,12,13). The minimum absolute atomic E-state index is 0.0000463. The van der Waals surface area contributed by atoms with Crippen molar-refractivity contribution < 1.29 is 0 Å². The maximum Gasteiger partial charge on any atom is 0.191 e. The van der Waals surface area contributed by atoms with Crippen LogP contribution < -0.4 is 5.43 Å². The lowest BCUT2D eigenvalue weighted by Gasteiger charge is -2.01. The molecular formula is C9H7BrN2O. The third-order valence-corrected chi connectivity index (χ3v) is 2.78. The summed E-state index contributed by atoms with van der Waals surface area (Å²) in [6.45, 7) is 1.89. The first-order valence-electron chi connectivity index (χ1n) is 3.82. The third kappa shape index (κ3) is 1.27. The van der Waals surface area contributed by atoms with Gasteiger partial charge in [-0.05, 0) is 28.4 Å². The molecule has 2 aromatic heterocycles. The fourth-order valence-corrected chi connectivity index (χ4v) is 1.57. The molecule has 0 atom stereocenters. The molecule has 13 heavy (non-hydrogen) atoms. The number of fused-ring (bicyclic) bond motifs is 1. The molecule has 0 saturated carbocycles. The van der Waals surface area contributed by atoms with E-state index in [1.165, 1.54) is 6.07 Å². The fraction of sp³-hybridized carbons (Fsp3) is 0.111. The summed E-state index contributed by atoms with van der Waals surface area (Å²) in [6, 6.07) is 1.50. The van der Waals surface area contributed by atoms with E-state index in [0.717, 1.165) is 10.0 Å². The van der Waals surface area contributed by atoms with Crippen LogP contribution in [0, 0.1) is 6.92 Å². The molecule has 0 saturated heterocycles. The van der Waals surface area contributed by atoms with Gasteiger partial charge in [0.15, 0.2) is 5.43 Å². The van der Waals surface area contributed by atoms with Crippen LogP contribution in [-0.2, 0) is 0 Å². The monoisotopic (exact) mass is 238 g/mol. The number of aromatic nitrogens is 2. The van der Waals surface area contributed by atoms with E-state index in [2.05, 4.69) is 25.9 Å². The molecule has 2 aromatic rings. The maximum atomic E-state index is 11.5. The van der Waals surface area contributed by atoms with Gasteiger partial charge in [0.2, 0.25) is 0 Å². The van der Waals surface area contributed by atoms with Crippen molar-refractivity contribution in [3.63, 3.8) is 0 Å². The summed E-state index contributed by atoms with van der Waals surface area (Å²) in [5.74, 6) is 0. The minimum atomic E-state index is 0.0000463. The highest BCUT2D eigenvalue weighted by Gasteiger charge is 2.05. The van der Waals surface area contributed by atoms with E-state index in [9.17, 15) is 4.79 Å². The van der Waals surface area contributed by atoms with Crippen LogP contribution in [0.4, 0.5) is 0 Å². The van der Waals surface area contributed by atoms with E-state index in [4.69, 9.17) is 0 Å². The van der Waals surface area contributed by atoms with Gasteiger partial charge in [0.25, 0.3) is 0 Å². The molecule has 0 radical (unpaired) electrons. The number of rotatable bonds is 0. The molecule has 0 aromatic carbocycles. The molecule has 0 spiro atoms. The number of aromatic amines is 1. The topological polar surface area (TPSA) is 45.8 Å². The number of H-pyrrole nitrogens is 1. The van der Waals surface area contributed by atoms with Crippen LogP contribution in [0.3, 0.4) is 0 Å². The molecule has 1 N–H and O–H groups in total. The van der Waals surface area contributed by atoms with Gasteiger partial charge in [-0.25, -0.2) is 4.98 Å². The SMILES string of the molecule is Cc1c(Br)cnc2[nH]ccc(=O)c12. The third-order valence-electron chi connectivity index (χ3n) is 1.98. The fourth-order valence-electron chi connectivity index (χ4n) is 1.27. The Hall–Kier alpha value is -1.16. The lowest BCUT2D eigenvalue weighted by atomic mass is 10.2. The highest BCUT2D eigenvalue weighted by molar-refractivity contribution is 9.10. The quantitative estimate of drug-likeness (QED) is 0.764. The van der Waals surface area contributed by atoms with Crippen LogP contribution in [0.25, 0.3) is 11.0 Å². The van der Waals surface area contributed by atoms with E-state index in [1.54, 1.807) is 12.4 Å². The first-order valence-corrected chi connectivity index (χ1v) is 4.62. The number of aryl methyl sites for hydroxylation is 1. The number of halogens is 1. The molecule has 3 nitrogen and oxygen atoms in total. The Morgan fingerprint density at radius 2 is 2.31 bits per heavy atom. The van der Waals surface area contributed by atoms with Gasteiger partial charge in [0.05, 0.1) is 5.39 Å². The zero-order chi connectivity index (χ0) is 9.42. The zero-order valence-corrected chi connectivity index (χ0v) is 8.55. The first-order chi connectivity index (χ1) is 6.20. The smallest absolute Gasteiger partial charge is 0.191 e. The number of hydrogen-bond acceptors (Lipinski definition) is 2. The maximum absolute atomic E-state index is 11.5. The van der Waals surface area contributed by atoms with E-state index in [1.807, 2.05) is 6.92 Å². The number of pyridine rings is 2. The summed E-state index contributed by atoms with van der Waals surface area (Å²) in [5, 5.41) is 0.650. The Kier molecular flexibility index (Phi) is 1.92. The predicted octanol–water partition coefficient (Wildman–Crippen LogP) is 1.99. The van der Waals surface area contributed by atoms with Crippen molar-refractivity contribution in [2.75, 3.05) is 0 Å². The number of hydrogen-bond donors (Lipinski definition) is 1.